The lowest BCUT2D eigenvalue weighted by Gasteiger charge is -2.17. The summed E-state index contributed by atoms with van der Waals surface area (Å²) in [6.45, 7) is 4.06. The van der Waals surface area contributed by atoms with Crippen LogP contribution >= 0.6 is 0 Å². The minimum absolute atomic E-state index is 0.176. The normalized spacial score (nSPS) is 12.2. The van der Waals surface area contributed by atoms with Crippen LogP contribution in [0.1, 0.15) is 19.4 Å². The summed E-state index contributed by atoms with van der Waals surface area (Å²) < 4.78 is 0. The van der Waals surface area contributed by atoms with Gasteiger partial charge in [-0.1, -0.05) is 0 Å². The van der Waals surface area contributed by atoms with Gasteiger partial charge in [0, 0.05) is 35.0 Å². The second kappa shape index (κ2) is 3.10. The second-order valence-electron chi connectivity index (χ2n) is 4.40. The Labute approximate surface area is 83.3 Å². The summed E-state index contributed by atoms with van der Waals surface area (Å²) in [5.41, 5.74) is 8.17. The quantitative estimate of drug-likeness (QED) is 0.757. The lowest BCUT2D eigenvalue weighted by Crippen LogP contribution is -2.34. The fourth-order valence-corrected chi connectivity index (χ4v) is 1.66. The van der Waals surface area contributed by atoms with Gasteiger partial charge in [0.1, 0.15) is 0 Å². The van der Waals surface area contributed by atoms with Crippen molar-refractivity contribution < 1.29 is 0 Å². The Morgan fingerprint density at radius 1 is 1.50 bits per heavy atom. The van der Waals surface area contributed by atoms with E-state index < -0.39 is 0 Å². The molecule has 2 aromatic rings. The van der Waals surface area contributed by atoms with Crippen LogP contribution in [0.4, 0.5) is 0 Å². The zero-order valence-corrected chi connectivity index (χ0v) is 8.54. The monoisotopic (exact) mass is 189 g/mol. The summed E-state index contributed by atoms with van der Waals surface area (Å²) in [7, 11) is 0. The fourth-order valence-electron chi connectivity index (χ4n) is 1.66. The summed E-state index contributed by atoms with van der Waals surface area (Å²) in [4.78, 5) is 7.33. The number of nitrogens with zero attached hydrogens (tertiary/aromatic N) is 1. The lowest BCUT2D eigenvalue weighted by molar-refractivity contribution is 0.518. The molecule has 0 saturated carbocycles. The minimum atomic E-state index is -0.176. The molecule has 0 amide bonds. The number of fused-ring (bicyclic) bond motifs is 1. The van der Waals surface area contributed by atoms with E-state index in [9.17, 15) is 0 Å². The molecule has 0 aliphatic rings. The molecule has 2 aromatic heterocycles. The molecule has 74 valence electrons. The van der Waals surface area contributed by atoms with Gasteiger partial charge in [-0.3, -0.25) is 4.98 Å². The van der Waals surface area contributed by atoms with Crippen molar-refractivity contribution in [1.82, 2.24) is 9.97 Å². The fraction of sp³-hybridized carbons (Fsp3) is 0.364. The van der Waals surface area contributed by atoms with Crippen LogP contribution < -0.4 is 5.73 Å². The van der Waals surface area contributed by atoms with Crippen molar-refractivity contribution in [3.8, 4) is 0 Å². The highest BCUT2D eigenvalue weighted by Crippen LogP contribution is 2.20. The first-order valence-corrected chi connectivity index (χ1v) is 4.75. The highest BCUT2D eigenvalue weighted by atomic mass is 14.7. The van der Waals surface area contributed by atoms with Gasteiger partial charge in [-0.25, -0.2) is 0 Å². The van der Waals surface area contributed by atoms with Crippen LogP contribution in [0.25, 0.3) is 10.9 Å². The van der Waals surface area contributed by atoms with Gasteiger partial charge in [-0.05, 0) is 31.9 Å². The third kappa shape index (κ3) is 1.77. The van der Waals surface area contributed by atoms with E-state index in [1.807, 2.05) is 32.3 Å². The van der Waals surface area contributed by atoms with Gasteiger partial charge in [0.05, 0.1) is 0 Å². The van der Waals surface area contributed by atoms with Crippen LogP contribution in [0.15, 0.2) is 24.7 Å². The van der Waals surface area contributed by atoms with E-state index in [0.717, 1.165) is 11.9 Å². The third-order valence-electron chi connectivity index (χ3n) is 2.21. The van der Waals surface area contributed by atoms with Gasteiger partial charge in [-0.2, -0.15) is 0 Å². The van der Waals surface area contributed by atoms with Crippen molar-refractivity contribution in [2.75, 3.05) is 0 Å². The molecule has 0 aliphatic carbocycles. The van der Waals surface area contributed by atoms with Crippen molar-refractivity contribution in [2.45, 2.75) is 25.8 Å². The molecule has 2 rings (SSSR count). The maximum Gasteiger partial charge on any atom is 0.0487 e. The largest absolute Gasteiger partial charge is 0.361 e. The van der Waals surface area contributed by atoms with Crippen molar-refractivity contribution >= 4 is 10.9 Å². The zero-order chi connectivity index (χ0) is 10.2. The molecule has 0 fully saturated rings. The highest BCUT2D eigenvalue weighted by molar-refractivity contribution is 5.82. The van der Waals surface area contributed by atoms with Crippen LogP contribution in [-0.2, 0) is 6.42 Å². The van der Waals surface area contributed by atoms with Crippen molar-refractivity contribution in [2.24, 2.45) is 5.73 Å². The summed E-state index contributed by atoms with van der Waals surface area (Å²) in [5, 5.41) is 1.17. The Kier molecular flexibility index (Phi) is 2.04. The number of H-pyrrole nitrogens is 1. The number of hydrogen-bond donors (Lipinski definition) is 2. The first-order valence-electron chi connectivity index (χ1n) is 4.75. The Hall–Kier alpha value is -1.35. The van der Waals surface area contributed by atoms with Crippen LogP contribution in [0.2, 0.25) is 0 Å². The number of rotatable bonds is 2. The SMILES string of the molecule is CC(C)(N)Cc1c[nH]c2ccncc12. The summed E-state index contributed by atoms with van der Waals surface area (Å²) >= 11 is 0. The molecule has 0 saturated heterocycles. The molecule has 0 spiro atoms. The molecule has 0 atom stereocenters. The zero-order valence-electron chi connectivity index (χ0n) is 8.54. The Morgan fingerprint density at radius 2 is 2.29 bits per heavy atom. The van der Waals surface area contributed by atoms with E-state index in [-0.39, 0.29) is 5.54 Å². The molecular weight excluding hydrogens is 174 g/mol. The number of nitrogens with two attached hydrogens (primary N) is 1. The first kappa shape index (κ1) is 9.21. The van der Waals surface area contributed by atoms with E-state index in [0.29, 0.717) is 0 Å². The van der Waals surface area contributed by atoms with Crippen molar-refractivity contribution in [3.05, 3.63) is 30.2 Å². The molecule has 0 radical (unpaired) electrons. The second-order valence-corrected chi connectivity index (χ2v) is 4.40. The maximum atomic E-state index is 5.98. The molecule has 0 unspecified atom stereocenters. The van der Waals surface area contributed by atoms with Gasteiger partial charge in [-0.15, -0.1) is 0 Å². The number of aromatic nitrogens is 2. The van der Waals surface area contributed by atoms with Crippen LogP contribution in [-0.4, -0.2) is 15.5 Å². The highest BCUT2D eigenvalue weighted by Gasteiger charge is 2.14. The molecule has 3 heteroatoms. The predicted molar refractivity (Wildman–Crippen MR) is 58.1 cm³/mol. The van der Waals surface area contributed by atoms with E-state index in [2.05, 4.69) is 9.97 Å². The molecular formula is C11H15N3. The number of nitrogens with one attached hydrogen (secondary N) is 1. The van der Waals surface area contributed by atoms with E-state index >= 15 is 0 Å². The molecule has 3 N–H and O–H groups in total. The molecule has 0 bridgehead atoms. The maximum absolute atomic E-state index is 5.98. The molecule has 3 nitrogen and oxygen atoms in total. The Morgan fingerprint density at radius 3 is 3.00 bits per heavy atom. The third-order valence-corrected chi connectivity index (χ3v) is 2.21. The van der Waals surface area contributed by atoms with Gasteiger partial charge in [0.15, 0.2) is 0 Å². The summed E-state index contributed by atoms with van der Waals surface area (Å²) in [6.07, 6.45) is 6.54. The summed E-state index contributed by atoms with van der Waals surface area (Å²) in [6, 6.07) is 1.97. The van der Waals surface area contributed by atoms with E-state index in [1.54, 1.807) is 6.20 Å². The summed E-state index contributed by atoms with van der Waals surface area (Å²) in [5.74, 6) is 0. The predicted octanol–water partition coefficient (Wildman–Crippen LogP) is 1.84. The number of hydrogen-bond acceptors (Lipinski definition) is 2. The lowest BCUT2D eigenvalue weighted by atomic mass is 9.96. The van der Waals surface area contributed by atoms with Crippen LogP contribution in [0.3, 0.4) is 0 Å². The molecule has 14 heavy (non-hydrogen) atoms. The van der Waals surface area contributed by atoms with Crippen LogP contribution in [0, 0.1) is 0 Å². The van der Waals surface area contributed by atoms with Gasteiger partial charge in [0.25, 0.3) is 0 Å². The number of pyridine rings is 1. The van der Waals surface area contributed by atoms with Gasteiger partial charge in [0.2, 0.25) is 0 Å². The Balaban J connectivity index is 2.44. The van der Waals surface area contributed by atoms with E-state index in [1.165, 1.54) is 10.9 Å². The van der Waals surface area contributed by atoms with Gasteiger partial charge >= 0.3 is 0 Å². The smallest absolute Gasteiger partial charge is 0.0487 e. The molecule has 0 aliphatic heterocycles. The molecule has 2 heterocycles. The average molecular weight is 189 g/mol. The van der Waals surface area contributed by atoms with E-state index in [4.69, 9.17) is 5.73 Å². The first-order chi connectivity index (χ1) is 6.56. The Bertz CT molecular complexity index is 437. The topological polar surface area (TPSA) is 54.7 Å². The van der Waals surface area contributed by atoms with Gasteiger partial charge < -0.3 is 10.7 Å². The van der Waals surface area contributed by atoms with Crippen molar-refractivity contribution in [1.29, 1.82) is 0 Å². The number of aromatic amines is 1. The average Bonchev–Trinajstić information content (AvgIpc) is 2.47. The van der Waals surface area contributed by atoms with Crippen LogP contribution in [0.5, 0.6) is 0 Å². The standard InChI is InChI=1S/C11H15N3/c1-11(2,12)5-8-6-14-10-3-4-13-7-9(8)10/h3-4,6-7,14H,5,12H2,1-2H3. The molecule has 0 aromatic carbocycles. The van der Waals surface area contributed by atoms with Crippen molar-refractivity contribution in [3.63, 3.8) is 0 Å². The minimum Gasteiger partial charge on any atom is -0.361 e.